The van der Waals surface area contributed by atoms with Gasteiger partial charge in [-0.25, -0.2) is 9.18 Å². The lowest BCUT2D eigenvalue weighted by atomic mass is 10.0. The van der Waals surface area contributed by atoms with Crippen LogP contribution >= 0.6 is 0 Å². The van der Waals surface area contributed by atoms with Crippen molar-refractivity contribution in [3.05, 3.63) is 65.5 Å². The highest BCUT2D eigenvalue weighted by molar-refractivity contribution is 5.97. The maximum atomic E-state index is 13.7. The van der Waals surface area contributed by atoms with Crippen molar-refractivity contribution >= 4 is 17.6 Å². The van der Waals surface area contributed by atoms with Crippen molar-refractivity contribution in [2.45, 2.75) is 24.9 Å². The van der Waals surface area contributed by atoms with Gasteiger partial charge in [-0.3, -0.25) is 4.79 Å². The summed E-state index contributed by atoms with van der Waals surface area (Å²) in [5, 5.41) is 8.91. The number of piperazine rings is 1. The first kappa shape index (κ1) is 18.4. The summed E-state index contributed by atoms with van der Waals surface area (Å²) in [6.45, 7) is 1.77. The summed E-state index contributed by atoms with van der Waals surface area (Å²) in [5.74, 6) is -0.453. The van der Waals surface area contributed by atoms with Gasteiger partial charge in [0.15, 0.2) is 0 Å². The number of carbonyl (C=O) groups is 2. The summed E-state index contributed by atoms with van der Waals surface area (Å²) in [4.78, 5) is 26.9. The Morgan fingerprint density at radius 2 is 1.93 bits per heavy atom. The van der Waals surface area contributed by atoms with Gasteiger partial charge in [0.05, 0.1) is 6.04 Å². The van der Waals surface area contributed by atoms with Crippen LogP contribution in [-0.2, 0) is 0 Å². The van der Waals surface area contributed by atoms with Crippen molar-refractivity contribution in [1.82, 2.24) is 15.5 Å². The largest absolute Gasteiger partial charge is 0.335 e. The summed E-state index contributed by atoms with van der Waals surface area (Å²) in [7, 11) is 0. The number of urea groups is 1. The molecule has 4 rings (SSSR count). The molecule has 2 aromatic carbocycles. The van der Waals surface area contributed by atoms with E-state index in [0.29, 0.717) is 30.9 Å². The average Bonchev–Trinajstić information content (AvgIpc) is 3.51. The second kappa shape index (κ2) is 7.98. The Balaban J connectivity index is 1.51. The van der Waals surface area contributed by atoms with Crippen molar-refractivity contribution in [3.63, 3.8) is 0 Å². The highest BCUT2D eigenvalue weighted by Gasteiger charge is 2.29. The lowest BCUT2D eigenvalue weighted by molar-refractivity contribution is 0.0634. The number of amides is 3. The van der Waals surface area contributed by atoms with E-state index in [0.717, 1.165) is 18.4 Å². The Hall–Kier alpha value is -2.93. The zero-order chi connectivity index (χ0) is 19.5. The number of anilines is 1. The Labute approximate surface area is 163 Å². The van der Waals surface area contributed by atoms with Crippen LogP contribution in [0.4, 0.5) is 14.9 Å². The molecule has 1 aliphatic carbocycles. The molecule has 3 amide bonds. The Morgan fingerprint density at radius 3 is 2.71 bits per heavy atom. The fourth-order valence-electron chi connectivity index (χ4n) is 3.44. The van der Waals surface area contributed by atoms with Crippen LogP contribution in [0, 0.1) is 5.82 Å². The van der Waals surface area contributed by atoms with Crippen LogP contribution in [0.25, 0.3) is 0 Å². The predicted octanol–water partition coefficient (Wildman–Crippen LogP) is 2.90. The molecule has 0 aromatic heterocycles. The molecular formula is C21H23FN4O2. The molecule has 0 bridgehead atoms. The summed E-state index contributed by atoms with van der Waals surface area (Å²) in [5.41, 5.74) is 1.83. The third-order valence-electron chi connectivity index (χ3n) is 5.02. The third kappa shape index (κ3) is 4.31. The number of hydrogen-bond donors (Lipinski definition) is 3. The van der Waals surface area contributed by atoms with E-state index in [1.165, 1.54) is 12.1 Å². The molecule has 2 aromatic rings. The van der Waals surface area contributed by atoms with Gasteiger partial charge in [0.1, 0.15) is 5.82 Å². The number of hydrogen-bond acceptors (Lipinski definition) is 3. The molecule has 0 radical (unpaired) electrons. The van der Waals surface area contributed by atoms with Gasteiger partial charge in [0.2, 0.25) is 0 Å². The van der Waals surface area contributed by atoms with E-state index in [1.54, 1.807) is 35.2 Å². The molecule has 1 aliphatic heterocycles. The van der Waals surface area contributed by atoms with Crippen molar-refractivity contribution in [3.8, 4) is 0 Å². The SMILES string of the molecule is O=C(Nc1cccc(C(=O)N2CCNCC2c2cccc(F)c2)c1)NC1CC1. The van der Waals surface area contributed by atoms with Crippen molar-refractivity contribution in [1.29, 1.82) is 0 Å². The van der Waals surface area contributed by atoms with E-state index >= 15 is 0 Å². The number of nitrogens with one attached hydrogen (secondary N) is 3. The lowest BCUT2D eigenvalue weighted by Crippen LogP contribution is -2.48. The quantitative estimate of drug-likeness (QED) is 0.761. The minimum absolute atomic E-state index is 0.137. The number of carbonyl (C=O) groups excluding carboxylic acids is 2. The molecule has 1 atom stereocenters. The second-order valence-electron chi connectivity index (χ2n) is 7.23. The van der Waals surface area contributed by atoms with E-state index < -0.39 is 0 Å². The van der Waals surface area contributed by atoms with Crippen LogP contribution < -0.4 is 16.0 Å². The van der Waals surface area contributed by atoms with Crippen LogP contribution in [-0.4, -0.2) is 42.5 Å². The van der Waals surface area contributed by atoms with E-state index in [1.807, 2.05) is 6.07 Å². The first-order chi connectivity index (χ1) is 13.6. The normalized spacial score (nSPS) is 19.2. The van der Waals surface area contributed by atoms with Gasteiger partial charge in [-0.15, -0.1) is 0 Å². The summed E-state index contributed by atoms with van der Waals surface area (Å²) < 4.78 is 13.7. The van der Waals surface area contributed by atoms with Crippen LogP contribution in [0.5, 0.6) is 0 Å². The van der Waals surface area contributed by atoms with Crippen molar-refractivity contribution in [2.75, 3.05) is 25.0 Å². The number of rotatable bonds is 4. The molecule has 6 nitrogen and oxygen atoms in total. The fraction of sp³-hybridized carbons (Fsp3) is 0.333. The second-order valence-corrected chi connectivity index (χ2v) is 7.23. The van der Waals surface area contributed by atoms with Crippen LogP contribution in [0.2, 0.25) is 0 Å². The van der Waals surface area contributed by atoms with Crippen LogP contribution in [0.1, 0.15) is 34.8 Å². The summed E-state index contributed by atoms with van der Waals surface area (Å²) in [6.07, 6.45) is 2.02. The minimum atomic E-state index is -0.316. The Morgan fingerprint density at radius 1 is 1.11 bits per heavy atom. The van der Waals surface area contributed by atoms with Gasteiger partial charge >= 0.3 is 6.03 Å². The topological polar surface area (TPSA) is 73.5 Å². The van der Waals surface area contributed by atoms with E-state index in [2.05, 4.69) is 16.0 Å². The molecule has 2 fully saturated rings. The van der Waals surface area contributed by atoms with Gasteiger partial charge in [-0.05, 0) is 48.7 Å². The smallest absolute Gasteiger partial charge is 0.319 e. The molecule has 3 N–H and O–H groups in total. The zero-order valence-corrected chi connectivity index (χ0v) is 15.5. The lowest BCUT2D eigenvalue weighted by Gasteiger charge is -2.36. The molecule has 146 valence electrons. The predicted molar refractivity (Wildman–Crippen MR) is 105 cm³/mol. The maximum absolute atomic E-state index is 13.7. The van der Waals surface area contributed by atoms with Gasteiger partial charge < -0.3 is 20.9 Å². The van der Waals surface area contributed by atoms with Gasteiger partial charge in [0, 0.05) is 36.9 Å². The number of benzene rings is 2. The van der Waals surface area contributed by atoms with E-state index in [-0.39, 0.29) is 29.8 Å². The summed E-state index contributed by atoms with van der Waals surface area (Å²) in [6, 6.07) is 13.0. The monoisotopic (exact) mass is 382 g/mol. The first-order valence-electron chi connectivity index (χ1n) is 9.55. The molecule has 7 heteroatoms. The molecule has 2 aliphatic rings. The standard InChI is InChI=1S/C21H23FN4O2/c22-16-5-1-3-14(11-16)19-13-23-9-10-26(19)20(27)15-4-2-6-18(12-15)25-21(28)24-17-7-8-17/h1-6,11-12,17,19,23H,7-10,13H2,(H2,24,25,28). The highest BCUT2D eigenvalue weighted by atomic mass is 19.1. The Bertz CT molecular complexity index is 884. The zero-order valence-electron chi connectivity index (χ0n) is 15.5. The highest BCUT2D eigenvalue weighted by Crippen LogP contribution is 2.25. The van der Waals surface area contributed by atoms with Gasteiger partial charge in [-0.2, -0.15) is 0 Å². The first-order valence-corrected chi connectivity index (χ1v) is 9.55. The van der Waals surface area contributed by atoms with Crippen molar-refractivity contribution < 1.29 is 14.0 Å². The van der Waals surface area contributed by atoms with Gasteiger partial charge in [0.25, 0.3) is 5.91 Å². The van der Waals surface area contributed by atoms with Crippen molar-refractivity contribution in [2.24, 2.45) is 0 Å². The minimum Gasteiger partial charge on any atom is -0.335 e. The number of nitrogens with zero attached hydrogens (tertiary/aromatic N) is 1. The molecule has 1 saturated heterocycles. The maximum Gasteiger partial charge on any atom is 0.319 e. The molecule has 0 spiro atoms. The third-order valence-corrected chi connectivity index (χ3v) is 5.02. The molecule has 1 saturated carbocycles. The van der Waals surface area contributed by atoms with Crippen LogP contribution in [0.15, 0.2) is 48.5 Å². The Kier molecular flexibility index (Phi) is 5.25. The molecule has 1 unspecified atom stereocenters. The molecule has 28 heavy (non-hydrogen) atoms. The van der Waals surface area contributed by atoms with Crippen LogP contribution in [0.3, 0.4) is 0 Å². The van der Waals surface area contributed by atoms with E-state index in [9.17, 15) is 14.0 Å². The molecule has 1 heterocycles. The molecular weight excluding hydrogens is 359 g/mol. The van der Waals surface area contributed by atoms with E-state index in [4.69, 9.17) is 0 Å². The average molecular weight is 382 g/mol. The van der Waals surface area contributed by atoms with Gasteiger partial charge in [-0.1, -0.05) is 18.2 Å². The number of halogens is 1. The fourth-order valence-corrected chi connectivity index (χ4v) is 3.44. The summed E-state index contributed by atoms with van der Waals surface area (Å²) >= 11 is 0.